The van der Waals surface area contributed by atoms with Crippen LogP contribution in [0, 0.1) is 11.8 Å². The molecule has 2 atom stereocenters. The van der Waals surface area contributed by atoms with Crippen molar-refractivity contribution in [2.24, 2.45) is 11.8 Å². The van der Waals surface area contributed by atoms with E-state index in [1.165, 1.54) is 0 Å². The van der Waals surface area contributed by atoms with E-state index in [4.69, 9.17) is 9.47 Å². The van der Waals surface area contributed by atoms with Crippen LogP contribution in [-0.4, -0.2) is 36.4 Å². The maximum atomic E-state index is 11.8. The van der Waals surface area contributed by atoms with Gasteiger partial charge in [-0.15, -0.1) is 0 Å². The van der Waals surface area contributed by atoms with Gasteiger partial charge in [-0.2, -0.15) is 0 Å². The highest BCUT2D eigenvalue weighted by Gasteiger charge is 2.38. The monoisotopic (exact) mass is 334 g/mol. The first-order chi connectivity index (χ1) is 11.4. The van der Waals surface area contributed by atoms with E-state index in [0.717, 1.165) is 24.0 Å². The van der Waals surface area contributed by atoms with Gasteiger partial charge in [0.2, 0.25) is 0 Å². The summed E-state index contributed by atoms with van der Waals surface area (Å²) in [5, 5.41) is 9.51. The predicted molar refractivity (Wildman–Crippen MR) is 90.0 cm³/mol. The number of carbonyl (C=O) groups excluding carboxylic acids is 2. The van der Waals surface area contributed by atoms with Crippen molar-refractivity contribution in [1.82, 2.24) is 0 Å². The summed E-state index contributed by atoms with van der Waals surface area (Å²) in [4.78, 5) is 23.5. The van der Waals surface area contributed by atoms with Gasteiger partial charge >= 0.3 is 11.9 Å². The van der Waals surface area contributed by atoms with E-state index in [1.54, 1.807) is 13.8 Å². The summed E-state index contributed by atoms with van der Waals surface area (Å²) >= 11 is 0. The summed E-state index contributed by atoms with van der Waals surface area (Å²) in [7, 11) is 0. The summed E-state index contributed by atoms with van der Waals surface area (Å²) in [5.74, 6) is -0.832. The molecule has 0 amide bonds. The Kier molecular flexibility index (Phi) is 6.37. The molecule has 5 nitrogen and oxygen atoms in total. The molecule has 0 unspecified atom stereocenters. The first-order valence-corrected chi connectivity index (χ1v) is 8.45. The van der Waals surface area contributed by atoms with E-state index in [2.05, 4.69) is 6.58 Å². The SMILES string of the molecule is C=C1C(=O)O[C@H]2C/C(CO)=C\CC/C(COC(=O)C(C)C)=C\C[C@H]12. The number of allylic oxidation sites excluding steroid dienone is 2. The minimum atomic E-state index is -0.359. The van der Waals surface area contributed by atoms with E-state index < -0.39 is 0 Å². The average Bonchev–Trinajstić information content (AvgIpc) is 2.82. The molecule has 0 spiro atoms. The standard InChI is InChI=1S/C19H26O5/c1-12(2)18(21)23-11-14-5-4-6-15(10-20)9-17-16(8-7-14)13(3)19(22)24-17/h6-7,12,16-17,20H,3-5,8-11H2,1-2H3/b14-7+,15-6+/t16-,17+/m1/s1. The fraction of sp³-hybridized carbons (Fsp3) is 0.579. The number of carbonyl (C=O) groups is 2. The van der Waals surface area contributed by atoms with E-state index in [0.29, 0.717) is 18.4 Å². The third-order valence-electron chi connectivity index (χ3n) is 4.51. The number of rotatable bonds is 4. The van der Waals surface area contributed by atoms with Crippen LogP contribution in [0.15, 0.2) is 35.5 Å². The predicted octanol–water partition coefficient (Wildman–Crippen LogP) is 2.70. The van der Waals surface area contributed by atoms with Crippen LogP contribution in [0.3, 0.4) is 0 Å². The van der Waals surface area contributed by atoms with Gasteiger partial charge in [-0.3, -0.25) is 4.79 Å². The number of fused-ring (bicyclic) bond motifs is 1. The maximum Gasteiger partial charge on any atom is 0.334 e. The first-order valence-electron chi connectivity index (χ1n) is 8.45. The minimum absolute atomic E-state index is 0.0470. The summed E-state index contributed by atoms with van der Waals surface area (Å²) in [5.41, 5.74) is 2.37. The van der Waals surface area contributed by atoms with Crippen molar-refractivity contribution in [1.29, 1.82) is 0 Å². The molecule has 24 heavy (non-hydrogen) atoms. The van der Waals surface area contributed by atoms with Crippen LogP contribution in [0.5, 0.6) is 0 Å². The van der Waals surface area contributed by atoms with Gasteiger partial charge in [-0.05, 0) is 30.4 Å². The lowest BCUT2D eigenvalue weighted by Gasteiger charge is -2.20. The Bertz CT molecular complexity index is 570. The normalized spacial score (nSPS) is 29.2. The van der Waals surface area contributed by atoms with Crippen molar-refractivity contribution >= 4 is 11.9 Å². The zero-order valence-electron chi connectivity index (χ0n) is 14.4. The van der Waals surface area contributed by atoms with Crippen LogP contribution in [-0.2, 0) is 19.1 Å². The number of esters is 2. The van der Waals surface area contributed by atoms with E-state index in [9.17, 15) is 14.7 Å². The molecule has 0 aromatic rings. The van der Waals surface area contributed by atoms with Crippen LogP contribution in [0.1, 0.15) is 39.5 Å². The lowest BCUT2D eigenvalue weighted by molar-refractivity contribution is -0.146. The van der Waals surface area contributed by atoms with Gasteiger partial charge < -0.3 is 14.6 Å². The van der Waals surface area contributed by atoms with Gasteiger partial charge in [0.05, 0.1) is 12.5 Å². The summed E-state index contributed by atoms with van der Waals surface area (Å²) in [6.07, 6.45) is 6.42. The molecule has 1 fully saturated rings. The Morgan fingerprint density at radius 1 is 1.42 bits per heavy atom. The highest BCUT2D eigenvalue weighted by molar-refractivity contribution is 5.90. The van der Waals surface area contributed by atoms with Crippen molar-refractivity contribution in [3.05, 3.63) is 35.5 Å². The van der Waals surface area contributed by atoms with Gasteiger partial charge in [0.15, 0.2) is 0 Å². The number of ether oxygens (including phenoxy) is 2. The van der Waals surface area contributed by atoms with E-state index in [1.807, 2.05) is 12.2 Å². The first kappa shape index (κ1) is 18.5. The highest BCUT2D eigenvalue weighted by Crippen LogP contribution is 2.34. The smallest absolute Gasteiger partial charge is 0.334 e. The van der Waals surface area contributed by atoms with Crippen LogP contribution in [0.2, 0.25) is 0 Å². The average molecular weight is 334 g/mol. The molecule has 5 heteroatoms. The summed E-state index contributed by atoms with van der Waals surface area (Å²) in [6.45, 7) is 7.67. The second-order valence-corrected chi connectivity index (χ2v) is 6.70. The van der Waals surface area contributed by atoms with Crippen molar-refractivity contribution < 1.29 is 24.2 Å². The molecule has 2 aliphatic rings. The maximum absolute atomic E-state index is 11.8. The number of aliphatic hydroxyl groups excluding tert-OH is 1. The van der Waals surface area contributed by atoms with E-state index >= 15 is 0 Å². The summed E-state index contributed by atoms with van der Waals surface area (Å²) < 4.78 is 10.7. The van der Waals surface area contributed by atoms with Crippen molar-refractivity contribution in [2.45, 2.75) is 45.6 Å². The fourth-order valence-corrected chi connectivity index (χ4v) is 2.94. The number of aliphatic hydroxyl groups is 1. The molecule has 0 radical (unpaired) electrons. The third-order valence-corrected chi connectivity index (χ3v) is 4.51. The molecule has 2 rings (SSSR count). The molecular weight excluding hydrogens is 308 g/mol. The van der Waals surface area contributed by atoms with Crippen molar-refractivity contribution in [2.75, 3.05) is 13.2 Å². The fourth-order valence-electron chi connectivity index (χ4n) is 2.94. The topological polar surface area (TPSA) is 72.8 Å². The molecule has 1 N–H and O–H groups in total. The van der Waals surface area contributed by atoms with Gasteiger partial charge in [0.1, 0.15) is 12.7 Å². The molecule has 1 aliphatic heterocycles. The number of hydrogen-bond donors (Lipinski definition) is 1. The molecule has 1 saturated heterocycles. The van der Waals surface area contributed by atoms with Crippen molar-refractivity contribution in [3.63, 3.8) is 0 Å². The highest BCUT2D eigenvalue weighted by atomic mass is 16.6. The zero-order chi connectivity index (χ0) is 17.7. The molecular formula is C19H26O5. The van der Waals surface area contributed by atoms with Gasteiger partial charge in [-0.1, -0.05) is 32.6 Å². The molecule has 0 saturated carbocycles. The second kappa shape index (κ2) is 8.29. The van der Waals surface area contributed by atoms with Crippen LogP contribution < -0.4 is 0 Å². The van der Waals surface area contributed by atoms with Gasteiger partial charge in [0, 0.05) is 17.9 Å². The number of hydrogen-bond acceptors (Lipinski definition) is 5. The lowest BCUT2D eigenvalue weighted by Crippen LogP contribution is -2.19. The molecule has 0 aromatic heterocycles. The van der Waals surface area contributed by atoms with E-state index in [-0.39, 0.29) is 43.1 Å². The molecule has 132 valence electrons. The minimum Gasteiger partial charge on any atom is -0.461 e. The Hall–Kier alpha value is -1.88. The van der Waals surface area contributed by atoms with Gasteiger partial charge in [-0.25, -0.2) is 4.79 Å². The van der Waals surface area contributed by atoms with Crippen molar-refractivity contribution in [3.8, 4) is 0 Å². The summed E-state index contributed by atoms with van der Waals surface area (Å²) in [6, 6.07) is 0. The largest absolute Gasteiger partial charge is 0.461 e. The lowest BCUT2D eigenvalue weighted by atomic mass is 9.87. The molecule has 0 bridgehead atoms. The quantitative estimate of drug-likeness (QED) is 0.486. The Morgan fingerprint density at radius 3 is 2.83 bits per heavy atom. The Labute approximate surface area is 143 Å². The Balaban J connectivity index is 2.13. The molecule has 1 aliphatic carbocycles. The van der Waals surface area contributed by atoms with Crippen LogP contribution in [0.25, 0.3) is 0 Å². The van der Waals surface area contributed by atoms with Crippen LogP contribution >= 0.6 is 0 Å². The third kappa shape index (κ3) is 4.57. The van der Waals surface area contributed by atoms with Crippen LogP contribution in [0.4, 0.5) is 0 Å². The molecule has 0 aromatic carbocycles. The second-order valence-electron chi connectivity index (χ2n) is 6.70. The van der Waals surface area contributed by atoms with Gasteiger partial charge in [0.25, 0.3) is 0 Å². The zero-order valence-corrected chi connectivity index (χ0v) is 14.4. The molecule has 1 heterocycles. The Morgan fingerprint density at radius 2 is 2.17 bits per heavy atom.